The average Bonchev–Trinajstić information content (AvgIpc) is 0.793. The second-order valence-electron chi connectivity index (χ2n) is 28.5. The van der Waals surface area contributed by atoms with E-state index in [0.717, 1.165) is 70.6 Å². The summed E-state index contributed by atoms with van der Waals surface area (Å²) in [5.41, 5.74) is 0. The van der Waals surface area contributed by atoms with Crippen molar-refractivity contribution >= 4 is 5.91 Å². The number of aliphatic hydroxyl groups is 8. The number of aliphatic hydroxyl groups excluding tert-OH is 8. The van der Waals surface area contributed by atoms with Crippen molar-refractivity contribution in [2.75, 3.05) is 19.8 Å². The molecule has 2 aliphatic rings. The van der Waals surface area contributed by atoms with Crippen LogP contribution in [0.5, 0.6) is 0 Å². The van der Waals surface area contributed by atoms with Crippen LogP contribution >= 0.6 is 0 Å². The van der Waals surface area contributed by atoms with Crippen LogP contribution in [0.25, 0.3) is 0 Å². The topological polar surface area (TPSA) is 228 Å². The van der Waals surface area contributed by atoms with E-state index < -0.39 is 86.8 Å². The van der Waals surface area contributed by atoms with Gasteiger partial charge in [0.1, 0.15) is 48.8 Å². The Kier molecular flexibility index (Phi) is 62.7. The standard InChI is InChI=1S/C84H151NO13/c1-3-5-7-9-11-13-15-17-19-21-23-25-27-28-29-30-31-32-33-34-35-36-37-38-39-40-41-42-43-44-46-48-50-52-54-56-58-60-62-64-66-68-76(89)85-72(71-95-83-81(94)79(92)82(75(70-87)97-83)98-84-80(93)78(91)77(90)74(69-86)96-84)73(88)67-65-63-61-59-57-55-53-51-49-47-45-26-24-22-20-18-16-14-12-10-8-6-4-2/h5,7,11,13,17,19,23,25,49,51,57,59,65,67,72-75,77-84,86-88,90-94H,3-4,6,8-10,12,14-16,18,20-22,24,26-48,50,52-56,58,60-64,66,68-71H2,1-2H3,(H,85,89)/b7-5-,13-11-,19-17-,25-23-,51-49+,59-57+,67-65+. The minimum atomic E-state index is -1.80. The van der Waals surface area contributed by atoms with Crippen molar-refractivity contribution in [3.63, 3.8) is 0 Å². The molecule has 12 unspecified atom stereocenters. The van der Waals surface area contributed by atoms with Gasteiger partial charge in [-0.25, -0.2) is 0 Å². The summed E-state index contributed by atoms with van der Waals surface area (Å²) >= 11 is 0. The second kappa shape index (κ2) is 67.4. The fraction of sp³-hybridized carbons (Fsp3) is 0.821. The van der Waals surface area contributed by atoms with Crippen LogP contribution in [0.2, 0.25) is 0 Å². The summed E-state index contributed by atoms with van der Waals surface area (Å²) in [6.07, 6.45) is 78.3. The maximum absolute atomic E-state index is 13.4. The van der Waals surface area contributed by atoms with Crippen LogP contribution in [0.1, 0.15) is 348 Å². The molecule has 0 aliphatic carbocycles. The van der Waals surface area contributed by atoms with Crippen molar-refractivity contribution in [3.05, 3.63) is 85.1 Å². The third kappa shape index (κ3) is 49.7. The Balaban J connectivity index is 1.57. The molecular formula is C84H151NO13. The summed E-state index contributed by atoms with van der Waals surface area (Å²) in [5, 5.41) is 87.6. The maximum Gasteiger partial charge on any atom is 0.220 e. The van der Waals surface area contributed by atoms with Gasteiger partial charge in [-0.3, -0.25) is 4.79 Å². The summed E-state index contributed by atoms with van der Waals surface area (Å²) < 4.78 is 22.9. The molecule has 1 amide bonds. The van der Waals surface area contributed by atoms with Gasteiger partial charge in [0.2, 0.25) is 5.91 Å². The molecular weight excluding hydrogens is 1230 g/mol. The predicted molar refractivity (Wildman–Crippen MR) is 406 cm³/mol. The number of nitrogens with one attached hydrogen (secondary N) is 1. The van der Waals surface area contributed by atoms with Crippen LogP contribution in [0.15, 0.2) is 85.1 Å². The van der Waals surface area contributed by atoms with Gasteiger partial charge in [0, 0.05) is 6.42 Å². The molecule has 12 atom stereocenters. The van der Waals surface area contributed by atoms with E-state index in [1.165, 1.54) is 244 Å². The fourth-order valence-electron chi connectivity index (χ4n) is 13.1. The molecule has 2 saturated heterocycles. The number of amides is 1. The van der Waals surface area contributed by atoms with Gasteiger partial charge in [-0.1, -0.05) is 343 Å². The molecule has 0 aromatic heterocycles. The molecule has 2 rings (SSSR count). The van der Waals surface area contributed by atoms with Gasteiger partial charge in [0.15, 0.2) is 12.6 Å². The first-order valence-electron chi connectivity index (χ1n) is 40.8. The lowest BCUT2D eigenvalue weighted by molar-refractivity contribution is -0.359. The predicted octanol–water partition coefficient (Wildman–Crippen LogP) is 18.7. The minimum absolute atomic E-state index is 0.248. The molecule has 0 radical (unpaired) electrons. The minimum Gasteiger partial charge on any atom is -0.394 e. The Labute approximate surface area is 599 Å². The lowest BCUT2D eigenvalue weighted by atomic mass is 9.97. The first-order chi connectivity index (χ1) is 48.1. The lowest BCUT2D eigenvalue weighted by Gasteiger charge is -2.46. The molecule has 2 aliphatic heterocycles. The Morgan fingerprint density at radius 3 is 1.12 bits per heavy atom. The maximum atomic E-state index is 13.4. The summed E-state index contributed by atoms with van der Waals surface area (Å²) in [6, 6.07) is -0.941. The molecule has 0 saturated carbocycles. The highest BCUT2D eigenvalue weighted by atomic mass is 16.7. The van der Waals surface area contributed by atoms with Crippen LogP contribution in [0.3, 0.4) is 0 Å². The number of allylic oxidation sites excluding steroid dienone is 13. The smallest absolute Gasteiger partial charge is 0.220 e. The van der Waals surface area contributed by atoms with Crippen molar-refractivity contribution in [2.45, 2.75) is 421 Å². The van der Waals surface area contributed by atoms with E-state index in [1.807, 2.05) is 6.08 Å². The van der Waals surface area contributed by atoms with E-state index in [4.69, 9.17) is 18.9 Å². The summed E-state index contributed by atoms with van der Waals surface area (Å²) in [5.74, 6) is -0.248. The largest absolute Gasteiger partial charge is 0.394 e. The van der Waals surface area contributed by atoms with Gasteiger partial charge in [-0.2, -0.15) is 0 Å². The van der Waals surface area contributed by atoms with E-state index >= 15 is 0 Å². The quantitative estimate of drug-likeness (QED) is 0.0204. The van der Waals surface area contributed by atoms with Gasteiger partial charge in [0.25, 0.3) is 0 Å². The third-order valence-corrected chi connectivity index (χ3v) is 19.5. The van der Waals surface area contributed by atoms with Crippen molar-refractivity contribution in [3.8, 4) is 0 Å². The highest BCUT2D eigenvalue weighted by Crippen LogP contribution is 2.30. The van der Waals surface area contributed by atoms with Gasteiger partial charge in [0.05, 0.1) is 32.0 Å². The summed E-state index contributed by atoms with van der Waals surface area (Å²) in [6.45, 7) is 2.70. The molecule has 0 aromatic carbocycles. The normalized spacial score (nSPS) is 22.5. The molecule has 570 valence electrons. The molecule has 2 fully saturated rings. The van der Waals surface area contributed by atoms with E-state index in [2.05, 4.69) is 92.1 Å². The van der Waals surface area contributed by atoms with Crippen LogP contribution < -0.4 is 5.32 Å². The highest BCUT2D eigenvalue weighted by Gasteiger charge is 2.51. The zero-order valence-corrected chi connectivity index (χ0v) is 62.5. The molecule has 0 spiro atoms. The van der Waals surface area contributed by atoms with Crippen molar-refractivity contribution in [1.29, 1.82) is 0 Å². The van der Waals surface area contributed by atoms with E-state index in [-0.39, 0.29) is 18.9 Å². The summed E-state index contributed by atoms with van der Waals surface area (Å²) in [4.78, 5) is 13.4. The molecule has 98 heavy (non-hydrogen) atoms. The van der Waals surface area contributed by atoms with Crippen molar-refractivity contribution in [1.82, 2.24) is 5.32 Å². The van der Waals surface area contributed by atoms with Gasteiger partial charge in [-0.05, 0) is 83.5 Å². The molecule has 2 heterocycles. The first-order valence-corrected chi connectivity index (χ1v) is 40.8. The van der Waals surface area contributed by atoms with Gasteiger partial charge < -0.3 is 65.1 Å². The third-order valence-electron chi connectivity index (χ3n) is 19.5. The number of hydrogen-bond acceptors (Lipinski definition) is 13. The number of carbonyl (C=O) groups is 1. The lowest BCUT2D eigenvalue weighted by Crippen LogP contribution is -2.65. The number of carbonyl (C=O) groups excluding carboxylic acids is 1. The Hall–Kier alpha value is -2.83. The highest BCUT2D eigenvalue weighted by molar-refractivity contribution is 5.76. The molecule has 14 heteroatoms. The summed E-state index contributed by atoms with van der Waals surface area (Å²) in [7, 11) is 0. The first kappa shape index (κ1) is 91.3. The van der Waals surface area contributed by atoms with E-state index in [9.17, 15) is 45.6 Å². The molecule has 14 nitrogen and oxygen atoms in total. The van der Waals surface area contributed by atoms with E-state index in [0.29, 0.717) is 12.8 Å². The van der Waals surface area contributed by atoms with Crippen LogP contribution in [0.4, 0.5) is 0 Å². The molecule has 0 aromatic rings. The van der Waals surface area contributed by atoms with Crippen LogP contribution in [-0.2, 0) is 23.7 Å². The Morgan fingerprint density at radius 1 is 0.378 bits per heavy atom. The van der Waals surface area contributed by atoms with Gasteiger partial charge in [-0.15, -0.1) is 0 Å². The molecule has 0 bridgehead atoms. The monoisotopic (exact) mass is 1380 g/mol. The Bertz CT molecular complexity index is 1970. The Morgan fingerprint density at radius 2 is 0.714 bits per heavy atom. The van der Waals surface area contributed by atoms with Crippen LogP contribution in [0, 0.1) is 0 Å². The second-order valence-corrected chi connectivity index (χ2v) is 28.5. The number of ether oxygens (including phenoxy) is 4. The number of rotatable bonds is 68. The van der Waals surface area contributed by atoms with Crippen LogP contribution in [-0.4, -0.2) is 140 Å². The van der Waals surface area contributed by atoms with E-state index in [1.54, 1.807) is 6.08 Å². The SMILES string of the molecule is CC/C=C\C/C=C\C/C=C\C/C=C\CCCCCCCCCCCCCCCCCCCCCCCCCCCCCCC(=O)NC(COC1OC(CO)C(OC2OC(CO)C(O)C(O)C2O)C(O)C1O)C(O)/C=C/CC/C=C/CC/C=C/CCCCCCCCCCCCCCC. The van der Waals surface area contributed by atoms with Crippen molar-refractivity contribution < 1.29 is 64.6 Å². The number of unbranched alkanes of at least 4 members (excludes halogenated alkanes) is 43. The fourth-order valence-corrected chi connectivity index (χ4v) is 13.1. The average molecular weight is 1380 g/mol. The van der Waals surface area contributed by atoms with Crippen molar-refractivity contribution in [2.24, 2.45) is 0 Å². The number of hydrogen-bond donors (Lipinski definition) is 9. The van der Waals surface area contributed by atoms with Gasteiger partial charge >= 0.3 is 0 Å². The molecule has 9 N–H and O–H groups in total. The zero-order valence-electron chi connectivity index (χ0n) is 62.5. The zero-order chi connectivity index (χ0) is 70.8.